The molecule has 0 fully saturated rings. The topological polar surface area (TPSA) is 70.9 Å². The van der Waals surface area contributed by atoms with Gasteiger partial charge in [0.2, 0.25) is 0 Å². The zero-order chi connectivity index (χ0) is 13.0. The molecular weight excluding hydrogens is 234 g/mol. The first-order valence-corrected chi connectivity index (χ1v) is 6.96. The van der Waals surface area contributed by atoms with Crippen LogP contribution in [0.4, 0.5) is 5.82 Å². The Hall–Kier alpha value is -1.17. The van der Waals surface area contributed by atoms with Gasteiger partial charge in [0, 0.05) is 20.6 Å². The van der Waals surface area contributed by atoms with Crippen LogP contribution in [-0.2, 0) is 7.05 Å². The largest absolute Gasteiger partial charge is 0.384 e. The highest BCUT2D eigenvalue weighted by molar-refractivity contribution is 7.98. The van der Waals surface area contributed by atoms with Gasteiger partial charge in [0.25, 0.3) is 0 Å². The summed E-state index contributed by atoms with van der Waals surface area (Å²) in [4.78, 5) is 2.12. The number of thioether (sulfide) groups is 1. The van der Waals surface area contributed by atoms with Gasteiger partial charge in [0.1, 0.15) is 11.7 Å². The lowest BCUT2D eigenvalue weighted by molar-refractivity contribution is 0.721. The third-order valence-corrected chi connectivity index (χ3v) is 3.36. The first-order valence-electron chi connectivity index (χ1n) is 5.57. The molecule has 0 aromatic carbocycles. The lowest BCUT2D eigenvalue weighted by atomic mass is 10.2. The number of nitrogens with zero attached hydrogens (tertiary/aromatic N) is 3. The molecule has 0 saturated heterocycles. The monoisotopic (exact) mass is 255 g/mol. The van der Waals surface area contributed by atoms with E-state index in [9.17, 15) is 0 Å². The number of aromatic nitrogens is 2. The van der Waals surface area contributed by atoms with Crippen molar-refractivity contribution in [2.45, 2.75) is 13.3 Å². The van der Waals surface area contributed by atoms with Gasteiger partial charge in [-0.3, -0.25) is 10.1 Å². The molecule has 0 aliphatic rings. The summed E-state index contributed by atoms with van der Waals surface area (Å²) in [6.07, 6.45) is 3.22. The van der Waals surface area contributed by atoms with Crippen LogP contribution in [0.15, 0.2) is 0 Å². The Morgan fingerprint density at radius 3 is 2.76 bits per heavy atom. The molecular formula is C11H21N5S. The molecule has 0 bridgehead atoms. The first kappa shape index (κ1) is 13.9. The van der Waals surface area contributed by atoms with Crippen molar-refractivity contribution in [3.8, 4) is 0 Å². The second kappa shape index (κ2) is 5.95. The molecule has 0 amide bonds. The summed E-state index contributed by atoms with van der Waals surface area (Å²) < 4.78 is 1.80. The van der Waals surface area contributed by atoms with Crippen molar-refractivity contribution < 1.29 is 0 Å². The van der Waals surface area contributed by atoms with Crippen LogP contribution >= 0.6 is 11.8 Å². The highest BCUT2D eigenvalue weighted by Crippen LogP contribution is 2.21. The highest BCUT2D eigenvalue weighted by atomic mass is 32.2. The fourth-order valence-corrected chi connectivity index (χ4v) is 2.37. The van der Waals surface area contributed by atoms with Crippen LogP contribution in [0.2, 0.25) is 0 Å². The predicted octanol–water partition coefficient (Wildman–Crippen LogP) is 1.20. The van der Waals surface area contributed by atoms with Crippen molar-refractivity contribution in [3.63, 3.8) is 0 Å². The van der Waals surface area contributed by atoms with E-state index in [-0.39, 0.29) is 5.84 Å². The Bertz CT molecular complexity index is 399. The van der Waals surface area contributed by atoms with E-state index < -0.39 is 0 Å². The van der Waals surface area contributed by atoms with Gasteiger partial charge in [-0.15, -0.1) is 0 Å². The summed E-state index contributed by atoms with van der Waals surface area (Å²) in [5, 5.41) is 12.0. The van der Waals surface area contributed by atoms with Crippen LogP contribution in [0.1, 0.15) is 17.7 Å². The van der Waals surface area contributed by atoms with E-state index in [4.69, 9.17) is 11.1 Å². The Kier molecular flexibility index (Phi) is 4.86. The number of nitrogens with two attached hydrogens (primary N) is 1. The van der Waals surface area contributed by atoms with Crippen LogP contribution in [-0.4, -0.2) is 41.2 Å². The van der Waals surface area contributed by atoms with Crippen molar-refractivity contribution in [3.05, 3.63) is 11.3 Å². The van der Waals surface area contributed by atoms with Crippen LogP contribution in [0, 0.1) is 12.3 Å². The van der Waals surface area contributed by atoms with E-state index in [1.807, 2.05) is 32.8 Å². The summed E-state index contributed by atoms with van der Waals surface area (Å²) in [6.45, 7) is 2.83. The molecule has 1 aromatic heterocycles. The zero-order valence-electron chi connectivity index (χ0n) is 10.9. The Morgan fingerprint density at radius 2 is 2.24 bits per heavy atom. The maximum Gasteiger partial charge on any atom is 0.137 e. The van der Waals surface area contributed by atoms with Crippen LogP contribution < -0.4 is 10.6 Å². The summed E-state index contributed by atoms with van der Waals surface area (Å²) in [6, 6.07) is 0. The number of amidine groups is 1. The number of rotatable bonds is 6. The van der Waals surface area contributed by atoms with Gasteiger partial charge in [-0.1, -0.05) is 0 Å². The van der Waals surface area contributed by atoms with E-state index in [0.29, 0.717) is 0 Å². The number of nitrogen functional groups attached to an aromatic ring is 1. The SMILES string of the molecule is CSCCCN(C)c1c(C(=N)N)c(C)nn1C. The van der Waals surface area contributed by atoms with Crippen LogP contribution in [0.5, 0.6) is 0 Å². The minimum Gasteiger partial charge on any atom is -0.384 e. The van der Waals surface area contributed by atoms with Crippen LogP contribution in [0.25, 0.3) is 0 Å². The number of anilines is 1. The third kappa shape index (κ3) is 3.15. The fraction of sp³-hybridized carbons (Fsp3) is 0.636. The van der Waals surface area contributed by atoms with Crippen LogP contribution in [0.3, 0.4) is 0 Å². The van der Waals surface area contributed by atoms with Gasteiger partial charge >= 0.3 is 0 Å². The summed E-state index contributed by atoms with van der Waals surface area (Å²) in [5.41, 5.74) is 7.18. The predicted molar refractivity (Wildman–Crippen MR) is 75.2 cm³/mol. The molecule has 1 heterocycles. The second-order valence-electron chi connectivity index (χ2n) is 4.09. The van der Waals surface area contributed by atoms with Crippen molar-refractivity contribution in [1.29, 1.82) is 5.41 Å². The number of hydrogen-bond acceptors (Lipinski definition) is 4. The molecule has 3 N–H and O–H groups in total. The Labute approximate surface area is 107 Å². The van der Waals surface area contributed by atoms with Gasteiger partial charge in [-0.05, 0) is 25.4 Å². The maximum atomic E-state index is 7.63. The van der Waals surface area contributed by atoms with Gasteiger partial charge in [-0.2, -0.15) is 16.9 Å². The van der Waals surface area contributed by atoms with Crippen molar-refractivity contribution in [2.24, 2.45) is 12.8 Å². The Morgan fingerprint density at radius 1 is 1.59 bits per heavy atom. The van der Waals surface area contributed by atoms with E-state index in [1.165, 1.54) is 0 Å². The fourth-order valence-electron chi connectivity index (χ4n) is 1.95. The molecule has 0 atom stereocenters. The van der Waals surface area contributed by atoms with E-state index in [0.717, 1.165) is 35.8 Å². The number of hydrogen-bond donors (Lipinski definition) is 2. The molecule has 0 aliphatic heterocycles. The quantitative estimate of drug-likeness (QED) is 0.455. The van der Waals surface area contributed by atoms with Gasteiger partial charge in [0.15, 0.2) is 0 Å². The molecule has 17 heavy (non-hydrogen) atoms. The molecule has 0 unspecified atom stereocenters. The molecule has 6 heteroatoms. The maximum absolute atomic E-state index is 7.63. The highest BCUT2D eigenvalue weighted by Gasteiger charge is 2.18. The normalized spacial score (nSPS) is 10.6. The summed E-state index contributed by atoms with van der Waals surface area (Å²) in [5.74, 6) is 2.15. The van der Waals surface area contributed by atoms with E-state index in [2.05, 4.69) is 16.3 Å². The molecule has 0 radical (unpaired) electrons. The molecule has 1 aromatic rings. The molecule has 0 aliphatic carbocycles. The van der Waals surface area contributed by atoms with Gasteiger partial charge in [0.05, 0.1) is 11.3 Å². The van der Waals surface area contributed by atoms with Crippen molar-refractivity contribution in [1.82, 2.24) is 9.78 Å². The van der Waals surface area contributed by atoms with E-state index in [1.54, 1.807) is 4.68 Å². The molecule has 0 spiro atoms. The summed E-state index contributed by atoms with van der Waals surface area (Å²) >= 11 is 1.84. The van der Waals surface area contributed by atoms with Gasteiger partial charge < -0.3 is 10.6 Å². The van der Waals surface area contributed by atoms with Crippen molar-refractivity contribution >= 4 is 23.4 Å². The first-order chi connectivity index (χ1) is 7.99. The zero-order valence-corrected chi connectivity index (χ0v) is 11.8. The molecule has 5 nitrogen and oxygen atoms in total. The number of aryl methyl sites for hydroxylation is 2. The smallest absolute Gasteiger partial charge is 0.137 e. The standard InChI is InChI=1S/C11H21N5S/c1-8-9(10(12)13)11(16(3)14-8)15(2)6-5-7-17-4/h5-7H2,1-4H3,(H3,12,13). The van der Waals surface area contributed by atoms with Gasteiger partial charge in [-0.25, -0.2) is 0 Å². The minimum absolute atomic E-state index is 0.0855. The molecule has 1 rings (SSSR count). The average Bonchev–Trinajstić information content (AvgIpc) is 2.53. The lowest BCUT2D eigenvalue weighted by Gasteiger charge is -2.20. The Balaban J connectivity index is 2.92. The summed E-state index contributed by atoms with van der Waals surface area (Å²) in [7, 11) is 3.91. The molecule has 96 valence electrons. The molecule has 0 saturated carbocycles. The lowest BCUT2D eigenvalue weighted by Crippen LogP contribution is -2.25. The van der Waals surface area contributed by atoms with Crippen molar-refractivity contribution in [2.75, 3.05) is 30.5 Å². The minimum atomic E-state index is 0.0855. The average molecular weight is 255 g/mol. The second-order valence-corrected chi connectivity index (χ2v) is 5.07. The van der Waals surface area contributed by atoms with E-state index >= 15 is 0 Å². The third-order valence-electron chi connectivity index (χ3n) is 2.66. The number of nitrogens with one attached hydrogen (secondary N) is 1.